The first-order valence-electron chi connectivity index (χ1n) is 9.08. The van der Waals surface area contributed by atoms with Crippen LogP contribution >= 0.6 is 11.3 Å². The van der Waals surface area contributed by atoms with E-state index in [4.69, 9.17) is 9.47 Å². The Bertz CT molecular complexity index is 1170. The summed E-state index contributed by atoms with van der Waals surface area (Å²) in [6, 6.07) is 7.49. The molecule has 0 saturated heterocycles. The highest BCUT2D eigenvalue weighted by Crippen LogP contribution is 2.27. The molecular weight excluding hydrogens is 394 g/mol. The minimum atomic E-state index is -0.622. The number of rotatable bonds is 4. The van der Waals surface area contributed by atoms with Crippen LogP contribution in [0.25, 0.3) is 10.2 Å². The molecule has 0 fully saturated rings. The van der Waals surface area contributed by atoms with E-state index in [1.165, 1.54) is 17.7 Å². The van der Waals surface area contributed by atoms with Gasteiger partial charge in [-0.15, -0.1) is 11.3 Å². The molecule has 1 N–H and O–H groups in total. The van der Waals surface area contributed by atoms with Gasteiger partial charge < -0.3 is 9.47 Å². The third-order valence-electron chi connectivity index (χ3n) is 4.89. The van der Waals surface area contributed by atoms with Gasteiger partial charge in [0, 0.05) is 4.88 Å². The van der Waals surface area contributed by atoms with Crippen molar-refractivity contribution >= 4 is 33.4 Å². The van der Waals surface area contributed by atoms with Gasteiger partial charge in [0.15, 0.2) is 6.61 Å². The maximum absolute atomic E-state index is 12.6. The van der Waals surface area contributed by atoms with Crippen LogP contribution in [0.15, 0.2) is 35.4 Å². The number of hydrogen-bond acceptors (Lipinski definition) is 7. The molecule has 150 valence electrons. The lowest BCUT2D eigenvalue weighted by Crippen LogP contribution is -2.37. The van der Waals surface area contributed by atoms with Crippen molar-refractivity contribution in [3.8, 4) is 5.75 Å². The van der Waals surface area contributed by atoms with Crippen molar-refractivity contribution in [1.29, 1.82) is 0 Å². The molecule has 1 aliphatic rings. The highest BCUT2D eigenvalue weighted by Gasteiger charge is 2.27. The summed E-state index contributed by atoms with van der Waals surface area (Å²) in [4.78, 5) is 42.9. The third-order valence-corrected chi connectivity index (χ3v) is 6.01. The number of carbonyl (C=O) groups excluding carboxylic acids is 2. The summed E-state index contributed by atoms with van der Waals surface area (Å²) < 4.78 is 11.7. The largest absolute Gasteiger partial charge is 0.492 e. The lowest BCUT2D eigenvalue weighted by Gasteiger charge is -2.23. The van der Waals surface area contributed by atoms with E-state index >= 15 is 0 Å². The van der Waals surface area contributed by atoms with Gasteiger partial charge in [0.25, 0.3) is 11.5 Å². The van der Waals surface area contributed by atoms with Crippen LogP contribution in [0.4, 0.5) is 0 Å². The van der Waals surface area contributed by atoms with Gasteiger partial charge in [0.1, 0.15) is 23.5 Å². The maximum atomic E-state index is 12.6. The zero-order chi connectivity index (χ0) is 20.5. The second-order valence-electron chi connectivity index (χ2n) is 6.85. The maximum Gasteiger partial charge on any atom is 0.313 e. The number of aryl methyl sites for hydroxylation is 2. The smallest absolute Gasteiger partial charge is 0.313 e. The van der Waals surface area contributed by atoms with Crippen LogP contribution < -0.4 is 15.7 Å². The molecule has 3 aromatic rings. The molecule has 29 heavy (non-hydrogen) atoms. The van der Waals surface area contributed by atoms with Gasteiger partial charge in [-0.25, -0.2) is 9.66 Å². The van der Waals surface area contributed by atoms with Gasteiger partial charge in [-0.3, -0.25) is 19.8 Å². The van der Waals surface area contributed by atoms with Crippen LogP contribution in [0.1, 0.15) is 16.0 Å². The summed E-state index contributed by atoms with van der Waals surface area (Å²) in [6.45, 7) is 3.46. The predicted molar refractivity (Wildman–Crippen MR) is 108 cm³/mol. The SMILES string of the molecule is Cc1sc2ncn(NC(=O)COC(=O)[C@H]3COc4ccccc4C3)c(=O)c2c1C. The summed E-state index contributed by atoms with van der Waals surface area (Å²) >= 11 is 1.43. The van der Waals surface area contributed by atoms with Crippen molar-refractivity contribution < 1.29 is 19.1 Å². The number of para-hydroxylation sites is 1. The summed E-state index contributed by atoms with van der Waals surface area (Å²) in [6.07, 6.45) is 1.75. The molecule has 9 heteroatoms. The van der Waals surface area contributed by atoms with E-state index in [0.29, 0.717) is 16.6 Å². The molecule has 1 amide bonds. The van der Waals surface area contributed by atoms with Crippen molar-refractivity contribution in [2.24, 2.45) is 5.92 Å². The van der Waals surface area contributed by atoms with Gasteiger partial charge in [0.2, 0.25) is 0 Å². The fraction of sp³-hybridized carbons (Fsp3) is 0.300. The average Bonchev–Trinajstić information content (AvgIpc) is 3.02. The van der Waals surface area contributed by atoms with Crippen LogP contribution in [-0.2, 0) is 20.7 Å². The molecule has 8 nitrogen and oxygen atoms in total. The van der Waals surface area contributed by atoms with E-state index in [2.05, 4.69) is 10.4 Å². The fourth-order valence-corrected chi connectivity index (χ4v) is 4.20. The van der Waals surface area contributed by atoms with E-state index in [0.717, 1.165) is 26.4 Å². The topological polar surface area (TPSA) is 99.5 Å². The van der Waals surface area contributed by atoms with Crippen molar-refractivity contribution in [3.05, 3.63) is 57.0 Å². The van der Waals surface area contributed by atoms with E-state index in [1.54, 1.807) is 0 Å². The third kappa shape index (κ3) is 3.73. The predicted octanol–water partition coefficient (Wildman–Crippen LogP) is 1.94. The minimum absolute atomic E-state index is 0.203. The lowest BCUT2D eigenvalue weighted by molar-refractivity contribution is -0.153. The number of nitrogens with one attached hydrogen (secondary N) is 1. The van der Waals surface area contributed by atoms with Crippen LogP contribution in [0.3, 0.4) is 0 Å². The first kappa shape index (κ1) is 19.1. The Morgan fingerprint density at radius 2 is 2.14 bits per heavy atom. The van der Waals surface area contributed by atoms with E-state index in [-0.39, 0.29) is 12.2 Å². The molecule has 0 unspecified atom stereocenters. The number of aromatic nitrogens is 2. The molecular formula is C20H19N3O5S. The van der Waals surface area contributed by atoms with Crippen LogP contribution in [0, 0.1) is 19.8 Å². The molecule has 0 aliphatic carbocycles. The van der Waals surface area contributed by atoms with E-state index in [1.807, 2.05) is 38.1 Å². The average molecular weight is 413 g/mol. The number of ether oxygens (including phenoxy) is 2. The van der Waals surface area contributed by atoms with E-state index < -0.39 is 24.4 Å². The summed E-state index contributed by atoms with van der Waals surface area (Å²) in [7, 11) is 0. The van der Waals surface area contributed by atoms with E-state index in [9.17, 15) is 14.4 Å². The summed E-state index contributed by atoms with van der Waals surface area (Å²) in [5.74, 6) is -0.853. The molecule has 0 spiro atoms. The zero-order valence-electron chi connectivity index (χ0n) is 15.9. The Balaban J connectivity index is 1.38. The normalized spacial score (nSPS) is 15.4. The fourth-order valence-electron chi connectivity index (χ4n) is 3.22. The van der Waals surface area contributed by atoms with Gasteiger partial charge in [-0.2, -0.15) is 0 Å². The molecule has 0 radical (unpaired) electrons. The summed E-state index contributed by atoms with van der Waals surface area (Å²) in [5, 5.41) is 0.477. The highest BCUT2D eigenvalue weighted by atomic mass is 32.1. The second-order valence-corrected chi connectivity index (χ2v) is 8.05. The number of esters is 1. The second kappa shape index (κ2) is 7.67. The highest BCUT2D eigenvalue weighted by molar-refractivity contribution is 7.18. The number of amides is 1. The monoisotopic (exact) mass is 413 g/mol. The first-order valence-corrected chi connectivity index (χ1v) is 9.90. The Kier molecular flexibility index (Phi) is 5.06. The van der Waals surface area contributed by atoms with Gasteiger partial charge in [0.05, 0.1) is 11.3 Å². The number of hydrogen-bond donors (Lipinski definition) is 1. The first-order chi connectivity index (χ1) is 13.9. The molecule has 0 saturated carbocycles. The Morgan fingerprint density at radius 3 is 2.97 bits per heavy atom. The molecule has 1 aromatic carbocycles. The molecule has 1 aliphatic heterocycles. The van der Waals surface area contributed by atoms with Gasteiger partial charge in [-0.05, 0) is 37.5 Å². The Labute approximate surface area is 170 Å². The Hall–Kier alpha value is -3.20. The molecule has 2 aromatic heterocycles. The lowest BCUT2D eigenvalue weighted by atomic mass is 9.97. The molecule has 0 bridgehead atoms. The zero-order valence-corrected chi connectivity index (χ0v) is 16.7. The van der Waals surface area contributed by atoms with Crippen LogP contribution in [-0.4, -0.2) is 34.8 Å². The van der Waals surface area contributed by atoms with Gasteiger partial charge >= 0.3 is 5.97 Å². The van der Waals surface area contributed by atoms with Crippen molar-refractivity contribution in [2.45, 2.75) is 20.3 Å². The minimum Gasteiger partial charge on any atom is -0.492 e. The van der Waals surface area contributed by atoms with Crippen LogP contribution in [0.2, 0.25) is 0 Å². The number of thiophene rings is 1. The standard InChI is InChI=1S/C20H19N3O5S/c1-11-12(2)29-18-17(11)19(25)23(10-21-18)22-16(24)9-28-20(26)14-7-13-5-3-4-6-15(13)27-8-14/h3-6,10,14H,7-9H2,1-2H3,(H,22,24)/t14-/m1/s1. The number of fused-ring (bicyclic) bond motifs is 2. The van der Waals surface area contributed by atoms with Crippen LogP contribution in [0.5, 0.6) is 5.75 Å². The Morgan fingerprint density at radius 1 is 1.34 bits per heavy atom. The molecule has 1 atom stereocenters. The number of benzene rings is 1. The van der Waals surface area contributed by atoms with Crippen molar-refractivity contribution in [1.82, 2.24) is 9.66 Å². The number of carbonyl (C=O) groups is 2. The number of nitrogens with zero attached hydrogens (tertiary/aromatic N) is 2. The van der Waals surface area contributed by atoms with Crippen molar-refractivity contribution in [3.63, 3.8) is 0 Å². The quantitative estimate of drug-likeness (QED) is 0.656. The van der Waals surface area contributed by atoms with Crippen molar-refractivity contribution in [2.75, 3.05) is 18.6 Å². The molecule has 3 heterocycles. The molecule has 4 rings (SSSR count). The van der Waals surface area contributed by atoms with Gasteiger partial charge in [-0.1, -0.05) is 18.2 Å². The summed E-state index contributed by atoms with van der Waals surface area (Å²) in [5.41, 5.74) is 3.82.